The minimum absolute atomic E-state index is 0. The maximum absolute atomic E-state index is 9.44. The van der Waals surface area contributed by atoms with Crippen LogP contribution in [0.5, 0.6) is 0 Å². The number of nitro groups is 1. The van der Waals surface area contributed by atoms with Gasteiger partial charge >= 0.3 is 0 Å². The maximum Gasteiger partial charge on any atom is 0.249 e. The first-order valence-corrected chi connectivity index (χ1v) is 1.75. The van der Waals surface area contributed by atoms with Gasteiger partial charge in [-0.25, -0.2) is 0 Å². The summed E-state index contributed by atoms with van der Waals surface area (Å²) >= 11 is 0. The van der Waals surface area contributed by atoms with Crippen LogP contribution in [-0.4, -0.2) is 12.0 Å². The number of hydrogen-bond donors (Lipinski definition) is 2. The Morgan fingerprint density at radius 1 is 1.75 bits per heavy atom. The minimum Gasteiger partial charge on any atom is -0.389 e. The van der Waals surface area contributed by atoms with Crippen LogP contribution in [0.3, 0.4) is 0 Å². The molecule has 0 spiro atoms. The highest BCUT2D eigenvalue weighted by molar-refractivity contribution is 4.64. The van der Waals surface area contributed by atoms with E-state index in [0.717, 1.165) is 6.20 Å². The van der Waals surface area contributed by atoms with Crippen molar-refractivity contribution in [3.05, 3.63) is 22.5 Å². The number of nitrogens with zero attached hydrogens (tertiary/aromatic N) is 1. The van der Waals surface area contributed by atoms with E-state index < -0.39 is 4.92 Å². The molecule has 0 heterocycles. The van der Waals surface area contributed by atoms with Gasteiger partial charge in [-0.2, -0.15) is 0 Å². The smallest absolute Gasteiger partial charge is 0.249 e. The van der Waals surface area contributed by atoms with Crippen LogP contribution in [0, 0.1) is 10.1 Å². The SMILES string of the molecule is CNC=C[N+](=O)[O-].N. The highest BCUT2D eigenvalue weighted by Gasteiger charge is 1.76. The van der Waals surface area contributed by atoms with Gasteiger partial charge in [-0.3, -0.25) is 10.1 Å². The van der Waals surface area contributed by atoms with Crippen molar-refractivity contribution in [2.24, 2.45) is 0 Å². The Bertz CT molecular complexity index is 90.5. The normalized spacial score (nSPS) is 8.12. The standard InChI is InChI=1S/C3H6N2O2.H3N/c1-4-2-3-5(6)7;/h2-4H,1H3;1H3. The molecule has 8 heavy (non-hydrogen) atoms. The van der Waals surface area contributed by atoms with E-state index in [0.29, 0.717) is 0 Å². The van der Waals surface area contributed by atoms with Gasteiger partial charge in [-0.1, -0.05) is 0 Å². The first-order valence-electron chi connectivity index (χ1n) is 1.75. The highest BCUT2D eigenvalue weighted by Crippen LogP contribution is 1.65. The van der Waals surface area contributed by atoms with Crippen LogP contribution in [0.15, 0.2) is 12.4 Å². The van der Waals surface area contributed by atoms with Gasteiger partial charge in [0.2, 0.25) is 6.20 Å². The molecule has 0 fully saturated rings. The van der Waals surface area contributed by atoms with Gasteiger partial charge < -0.3 is 11.5 Å². The Kier molecular flexibility index (Phi) is 7.38. The van der Waals surface area contributed by atoms with Crippen LogP contribution in [0.2, 0.25) is 0 Å². The van der Waals surface area contributed by atoms with Crippen LogP contribution in [-0.2, 0) is 0 Å². The zero-order valence-corrected chi connectivity index (χ0v) is 4.63. The van der Waals surface area contributed by atoms with E-state index in [-0.39, 0.29) is 6.15 Å². The maximum atomic E-state index is 9.44. The van der Waals surface area contributed by atoms with Crippen molar-refractivity contribution >= 4 is 0 Å². The van der Waals surface area contributed by atoms with E-state index >= 15 is 0 Å². The lowest BCUT2D eigenvalue weighted by Crippen LogP contribution is -1.94. The molecule has 0 unspecified atom stereocenters. The quantitative estimate of drug-likeness (QED) is 0.399. The molecule has 0 aliphatic rings. The molecule has 0 aliphatic carbocycles. The summed E-state index contributed by atoms with van der Waals surface area (Å²) in [6.07, 6.45) is 2.08. The second-order valence-electron chi connectivity index (χ2n) is 0.890. The van der Waals surface area contributed by atoms with Crippen LogP contribution in [0.25, 0.3) is 0 Å². The Balaban J connectivity index is 0. The fourth-order valence-corrected chi connectivity index (χ4v) is 0.135. The summed E-state index contributed by atoms with van der Waals surface area (Å²) in [5.41, 5.74) is 0. The average Bonchev–Trinajstić information content (AvgIpc) is 1.61. The highest BCUT2D eigenvalue weighted by atomic mass is 16.6. The molecule has 0 saturated heterocycles. The molecule has 0 saturated carbocycles. The Morgan fingerprint density at radius 2 is 2.25 bits per heavy atom. The summed E-state index contributed by atoms with van der Waals surface area (Å²) in [5.74, 6) is 0. The molecule has 48 valence electrons. The third kappa shape index (κ3) is 8.86. The molecule has 0 amide bonds. The largest absolute Gasteiger partial charge is 0.389 e. The molecule has 0 atom stereocenters. The molecule has 0 aromatic carbocycles. The van der Waals surface area contributed by atoms with Gasteiger partial charge in [-0.05, 0) is 0 Å². The molecule has 5 nitrogen and oxygen atoms in total. The van der Waals surface area contributed by atoms with E-state index in [4.69, 9.17) is 0 Å². The molecule has 0 aliphatic heterocycles. The zero-order chi connectivity index (χ0) is 5.70. The van der Waals surface area contributed by atoms with Crippen molar-refractivity contribution in [3.63, 3.8) is 0 Å². The van der Waals surface area contributed by atoms with Crippen molar-refractivity contribution in [2.75, 3.05) is 7.05 Å². The van der Waals surface area contributed by atoms with E-state index in [2.05, 4.69) is 5.32 Å². The first kappa shape index (κ1) is 10.0. The van der Waals surface area contributed by atoms with E-state index in [9.17, 15) is 10.1 Å². The van der Waals surface area contributed by atoms with Gasteiger partial charge in [0, 0.05) is 7.05 Å². The van der Waals surface area contributed by atoms with Crippen LogP contribution >= 0.6 is 0 Å². The molecule has 0 radical (unpaired) electrons. The summed E-state index contributed by atoms with van der Waals surface area (Å²) < 4.78 is 0. The van der Waals surface area contributed by atoms with Gasteiger partial charge in [0.15, 0.2) is 0 Å². The fraction of sp³-hybridized carbons (Fsp3) is 0.333. The fourth-order valence-electron chi connectivity index (χ4n) is 0.135. The predicted molar refractivity (Wildman–Crippen MR) is 30.2 cm³/mol. The average molecular weight is 119 g/mol. The second kappa shape index (κ2) is 5.90. The van der Waals surface area contributed by atoms with Crippen LogP contribution < -0.4 is 11.5 Å². The first-order chi connectivity index (χ1) is 3.27. The van der Waals surface area contributed by atoms with E-state index in [1.165, 1.54) is 6.20 Å². The summed E-state index contributed by atoms with van der Waals surface area (Å²) in [6, 6.07) is 0. The minimum atomic E-state index is -0.531. The number of nitrogens with one attached hydrogen (secondary N) is 1. The third-order valence-electron chi connectivity index (χ3n) is 0.363. The van der Waals surface area contributed by atoms with Crippen molar-refractivity contribution in [1.82, 2.24) is 11.5 Å². The van der Waals surface area contributed by atoms with Crippen molar-refractivity contribution in [2.45, 2.75) is 0 Å². The lowest BCUT2D eigenvalue weighted by atomic mass is 10.9. The molecule has 0 aromatic rings. The molecule has 4 N–H and O–H groups in total. The van der Waals surface area contributed by atoms with Crippen molar-refractivity contribution in [3.8, 4) is 0 Å². The molecular formula is C3H9N3O2. The summed E-state index contributed by atoms with van der Waals surface area (Å²) in [5, 5.41) is 11.9. The predicted octanol–water partition coefficient (Wildman–Crippen LogP) is 0.116. The monoisotopic (exact) mass is 119 g/mol. The Labute approximate surface area is 47.1 Å². The Hall–Kier alpha value is -1.10. The Morgan fingerprint density at radius 3 is 2.38 bits per heavy atom. The summed E-state index contributed by atoms with van der Waals surface area (Å²) in [6.45, 7) is 0. The molecule has 0 aromatic heterocycles. The molecule has 0 bridgehead atoms. The third-order valence-corrected chi connectivity index (χ3v) is 0.363. The van der Waals surface area contributed by atoms with Crippen LogP contribution in [0.1, 0.15) is 0 Å². The van der Waals surface area contributed by atoms with Crippen LogP contribution in [0.4, 0.5) is 0 Å². The molecule has 0 rings (SSSR count). The van der Waals surface area contributed by atoms with Crippen molar-refractivity contribution < 1.29 is 4.92 Å². The van der Waals surface area contributed by atoms with Gasteiger partial charge in [-0.15, -0.1) is 0 Å². The lowest BCUT2D eigenvalue weighted by Gasteiger charge is -1.77. The van der Waals surface area contributed by atoms with Gasteiger partial charge in [0.1, 0.15) is 0 Å². The zero-order valence-electron chi connectivity index (χ0n) is 4.63. The second-order valence-corrected chi connectivity index (χ2v) is 0.890. The van der Waals surface area contributed by atoms with Gasteiger partial charge in [0.25, 0.3) is 0 Å². The van der Waals surface area contributed by atoms with E-state index in [1.54, 1.807) is 7.05 Å². The molecule has 5 heteroatoms. The van der Waals surface area contributed by atoms with E-state index in [1.807, 2.05) is 0 Å². The summed E-state index contributed by atoms with van der Waals surface area (Å²) in [4.78, 5) is 8.91. The van der Waals surface area contributed by atoms with Gasteiger partial charge in [0.05, 0.1) is 11.1 Å². The molecular weight excluding hydrogens is 110 g/mol. The summed E-state index contributed by atoms with van der Waals surface area (Å²) in [7, 11) is 1.60. The van der Waals surface area contributed by atoms with Crippen molar-refractivity contribution in [1.29, 1.82) is 0 Å². The number of hydrogen-bond acceptors (Lipinski definition) is 4. The lowest BCUT2D eigenvalue weighted by molar-refractivity contribution is -0.402. The topological polar surface area (TPSA) is 90.2 Å². The number of rotatable bonds is 2.